The van der Waals surface area contributed by atoms with Crippen LogP contribution in [0, 0.1) is 0 Å². The lowest BCUT2D eigenvalue weighted by molar-refractivity contribution is -0.141. The van der Waals surface area contributed by atoms with Crippen LogP contribution < -0.4 is 21.7 Å². The summed E-state index contributed by atoms with van der Waals surface area (Å²) in [6, 6.07) is 9.96. The number of fused-ring (bicyclic) bond motifs is 2. The number of aromatic amines is 2. The summed E-state index contributed by atoms with van der Waals surface area (Å²) in [5.41, 5.74) is 8.81. The fraction of sp³-hybridized carbons (Fsp3) is 0.286. The molecule has 0 aliphatic carbocycles. The van der Waals surface area contributed by atoms with Crippen LogP contribution in [0.2, 0.25) is 0 Å². The minimum atomic E-state index is -1.28. The van der Waals surface area contributed by atoms with Crippen molar-refractivity contribution >= 4 is 58.1 Å². The van der Waals surface area contributed by atoms with Gasteiger partial charge in [-0.05, 0) is 23.3 Å². The Bertz CT molecular complexity index is 1550. The highest BCUT2D eigenvalue weighted by Crippen LogP contribution is 2.21. The van der Waals surface area contributed by atoms with Crippen LogP contribution in [0.4, 0.5) is 0 Å². The molecule has 12 nitrogen and oxygen atoms in total. The molecule has 0 aliphatic heterocycles. The van der Waals surface area contributed by atoms with Crippen molar-refractivity contribution in [2.45, 2.75) is 37.0 Å². The molecule has 9 N–H and O–H groups in total. The number of carbonyl (C=O) groups is 4. The van der Waals surface area contributed by atoms with Crippen LogP contribution >= 0.6 is 12.6 Å². The third-order valence-corrected chi connectivity index (χ3v) is 7.16. The van der Waals surface area contributed by atoms with E-state index in [4.69, 9.17) is 5.73 Å². The largest absolute Gasteiger partial charge is 0.480 e. The van der Waals surface area contributed by atoms with Gasteiger partial charge in [-0.3, -0.25) is 14.4 Å². The Morgan fingerprint density at radius 3 is 1.63 bits per heavy atom. The fourth-order valence-electron chi connectivity index (χ4n) is 4.55. The molecule has 2 aromatic carbocycles. The smallest absolute Gasteiger partial charge is 0.327 e. The molecule has 0 radical (unpaired) electrons. The number of nitrogens with two attached hydrogens (primary N) is 1. The molecule has 0 aliphatic rings. The zero-order valence-corrected chi connectivity index (χ0v) is 22.9. The number of carboxylic acids is 1. The van der Waals surface area contributed by atoms with Crippen molar-refractivity contribution in [3.8, 4) is 0 Å². The quantitative estimate of drug-likeness (QED) is 0.101. The average molecular weight is 581 g/mol. The molecule has 0 saturated carbocycles. The second-order valence-electron chi connectivity index (χ2n) is 9.62. The maximum absolute atomic E-state index is 13.7. The minimum absolute atomic E-state index is 0.0321. The number of rotatable bonds is 13. The van der Waals surface area contributed by atoms with Crippen LogP contribution in [0.3, 0.4) is 0 Å². The number of aromatic nitrogens is 2. The normalized spacial score (nSPS) is 14.2. The van der Waals surface area contributed by atoms with E-state index in [0.29, 0.717) is 0 Å². The van der Waals surface area contributed by atoms with Gasteiger partial charge < -0.3 is 41.9 Å². The van der Waals surface area contributed by atoms with Crippen LogP contribution in [0.25, 0.3) is 21.8 Å². The number of aliphatic carboxylic acids is 1. The highest BCUT2D eigenvalue weighted by molar-refractivity contribution is 7.80. The van der Waals surface area contributed by atoms with E-state index in [1.54, 1.807) is 12.4 Å². The van der Waals surface area contributed by atoms with E-state index in [9.17, 15) is 29.4 Å². The summed E-state index contributed by atoms with van der Waals surface area (Å²) in [5.74, 6) is -3.59. The van der Waals surface area contributed by atoms with Crippen molar-refractivity contribution in [2.24, 2.45) is 5.73 Å². The Hall–Kier alpha value is -4.33. The second-order valence-corrected chi connectivity index (χ2v) is 9.99. The number of nitrogens with one attached hydrogen (secondary N) is 5. The van der Waals surface area contributed by atoms with Gasteiger partial charge >= 0.3 is 5.97 Å². The highest BCUT2D eigenvalue weighted by Gasteiger charge is 2.31. The predicted molar refractivity (Wildman–Crippen MR) is 156 cm³/mol. The molecule has 4 unspecified atom stereocenters. The summed E-state index contributed by atoms with van der Waals surface area (Å²) in [4.78, 5) is 57.5. The Morgan fingerprint density at radius 1 is 0.756 bits per heavy atom. The monoisotopic (exact) mass is 580 g/mol. The topological polar surface area (TPSA) is 202 Å². The van der Waals surface area contributed by atoms with Crippen molar-refractivity contribution < 1.29 is 29.4 Å². The van der Waals surface area contributed by atoms with Gasteiger partial charge in [-0.25, -0.2) is 4.79 Å². The van der Waals surface area contributed by atoms with Crippen molar-refractivity contribution in [3.63, 3.8) is 0 Å². The molecule has 0 saturated heterocycles. The average Bonchev–Trinajstić information content (AvgIpc) is 3.58. The number of carbonyl (C=O) groups excluding carboxylic acids is 3. The number of thiol groups is 1. The number of hydrogen-bond donors (Lipinski definition) is 9. The van der Waals surface area contributed by atoms with Crippen molar-refractivity contribution in [3.05, 3.63) is 72.1 Å². The first-order valence-electron chi connectivity index (χ1n) is 12.9. The molecule has 4 atom stereocenters. The minimum Gasteiger partial charge on any atom is -0.480 e. The standard InChI is InChI=1S/C28H32N6O6S/c29-19(13-35)25(36)32-22(9-15-11-30-20-7-3-1-5-17(15)20)26(37)33-23(27(38)34-24(14-41)28(39)40)10-16-12-31-21-8-4-2-6-18(16)21/h1-8,11-12,19,22-24,30-31,35,41H,9-10,13-14,29H2,(H,32,36)(H,33,37)(H,34,38)(H,39,40). The lowest BCUT2D eigenvalue weighted by Gasteiger charge is -2.25. The maximum atomic E-state index is 13.7. The summed E-state index contributed by atoms with van der Waals surface area (Å²) in [6.07, 6.45) is 3.53. The molecule has 13 heteroatoms. The van der Waals surface area contributed by atoms with Gasteiger partial charge in [0.1, 0.15) is 24.2 Å². The number of carboxylic acid groups (broad SMARTS) is 1. The van der Waals surface area contributed by atoms with E-state index < -0.39 is 54.5 Å². The molecular weight excluding hydrogens is 548 g/mol. The molecule has 0 spiro atoms. The number of amides is 3. The lowest BCUT2D eigenvalue weighted by atomic mass is 10.0. The van der Waals surface area contributed by atoms with E-state index in [1.807, 2.05) is 48.5 Å². The Morgan fingerprint density at radius 2 is 1.20 bits per heavy atom. The van der Waals surface area contributed by atoms with E-state index in [1.165, 1.54) is 0 Å². The summed E-state index contributed by atoms with van der Waals surface area (Å²) in [5, 5.41) is 28.2. The number of hydrogen-bond acceptors (Lipinski definition) is 7. The summed E-state index contributed by atoms with van der Waals surface area (Å²) >= 11 is 4.01. The van der Waals surface area contributed by atoms with E-state index in [-0.39, 0.29) is 18.6 Å². The summed E-state index contributed by atoms with van der Waals surface area (Å²) in [7, 11) is 0. The van der Waals surface area contributed by atoms with E-state index in [0.717, 1.165) is 32.9 Å². The second kappa shape index (κ2) is 13.4. The molecule has 0 fully saturated rings. The van der Waals surface area contributed by atoms with E-state index in [2.05, 4.69) is 38.5 Å². The first-order valence-corrected chi connectivity index (χ1v) is 13.6. The van der Waals surface area contributed by atoms with Crippen LogP contribution in [0.15, 0.2) is 60.9 Å². The third-order valence-electron chi connectivity index (χ3n) is 6.79. The number of para-hydroxylation sites is 2. The summed E-state index contributed by atoms with van der Waals surface area (Å²) in [6.45, 7) is -0.626. The van der Waals surface area contributed by atoms with Crippen LogP contribution in [0.5, 0.6) is 0 Å². The van der Waals surface area contributed by atoms with E-state index >= 15 is 0 Å². The number of aliphatic hydroxyl groups excluding tert-OH is 1. The van der Waals surface area contributed by atoms with Crippen molar-refractivity contribution in [1.29, 1.82) is 0 Å². The molecule has 0 bridgehead atoms. The lowest BCUT2D eigenvalue weighted by Crippen LogP contribution is -2.58. The molecule has 2 aromatic heterocycles. The van der Waals surface area contributed by atoms with Gasteiger partial charge in [0.05, 0.1) is 6.61 Å². The number of H-pyrrole nitrogens is 2. The first-order chi connectivity index (χ1) is 19.7. The van der Waals surface area contributed by atoms with Gasteiger partial charge in [0, 0.05) is 52.8 Å². The number of benzene rings is 2. The Kier molecular flexibility index (Phi) is 9.65. The fourth-order valence-corrected chi connectivity index (χ4v) is 4.80. The predicted octanol–water partition coefficient (Wildman–Crippen LogP) is 0.223. The molecule has 216 valence electrons. The Labute approximate surface area is 240 Å². The van der Waals surface area contributed by atoms with Gasteiger partial charge in [0.2, 0.25) is 17.7 Å². The molecule has 3 amide bonds. The van der Waals surface area contributed by atoms with Gasteiger partial charge in [0.15, 0.2) is 0 Å². The molecule has 4 aromatic rings. The first kappa shape index (κ1) is 29.6. The molecule has 41 heavy (non-hydrogen) atoms. The molecule has 2 heterocycles. The zero-order chi connectivity index (χ0) is 29.5. The number of aliphatic hydroxyl groups is 1. The maximum Gasteiger partial charge on any atom is 0.327 e. The SMILES string of the molecule is NC(CO)C(=O)NC(Cc1c[nH]c2ccccc12)C(=O)NC(Cc1c[nH]c2ccccc12)C(=O)NC(CS)C(=O)O. The van der Waals surface area contributed by atoms with Crippen LogP contribution in [0.1, 0.15) is 11.1 Å². The van der Waals surface area contributed by atoms with Crippen molar-refractivity contribution in [1.82, 2.24) is 25.9 Å². The van der Waals surface area contributed by atoms with Crippen molar-refractivity contribution in [2.75, 3.05) is 12.4 Å². The van der Waals surface area contributed by atoms with Gasteiger partial charge in [-0.1, -0.05) is 36.4 Å². The van der Waals surface area contributed by atoms with Gasteiger partial charge in [-0.2, -0.15) is 12.6 Å². The molecular formula is C28H32N6O6S. The van der Waals surface area contributed by atoms with Gasteiger partial charge in [0.25, 0.3) is 0 Å². The molecule has 4 rings (SSSR count). The van der Waals surface area contributed by atoms with Crippen LogP contribution in [-0.4, -0.2) is 80.4 Å². The van der Waals surface area contributed by atoms with Gasteiger partial charge in [-0.15, -0.1) is 0 Å². The Balaban J connectivity index is 1.63. The summed E-state index contributed by atoms with van der Waals surface area (Å²) < 4.78 is 0. The highest BCUT2D eigenvalue weighted by atomic mass is 32.1. The zero-order valence-electron chi connectivity index (χ0n) is 22.0. The van der Waals surface area contributed by atoms with Crippen LogP contribution in [-0.2, 0) is 32.0 Å². The third kappa shape index (κ3) is 7.06.